The minimum Gasteiger partial charge on any atom is -0.388 e. The van der Waals surface area contributed by atoms with Crippen LogP contribution in [0.25, 0.3) is 0 Å². The van der Waals surface area contributed by atoms with Crippen molar-refractivity contribution in [2.75, 3.05) is 0 Å². The zero-order valence-electron chi connectivity index (χ0n) is 5.67. The highest BCUT2D eigenvalue weighted by atomic mass is 35.5. The van der Waals surface area contributed by atoms with Gasteiger partial charge >= 0.3 is 0 Å². The predicted octanol–water partition coefficient (Wildman–Crippen LogP) is 2.84. The lowest BCUT2D eigenvalue weighted by Crippen LogP contribution is -1.92. The van der Waals surface area contributed by atoms with Gasteiger partial charge in [0, 0.05) is 5.56 Å². The van der Waals surface area contributed by atoms with E-state index in [0.717, 1.165) is 12.0 Å². The topological polar surface area (TPSA) is 20.2 Å². The van der Waals surface area contributed by atoms with Crippen molar-refractivity contribution in [3.05, 3.63) is 21.3 Å². The van der Waals surface area contributed by atoms with Gasteiger partial charge in [0.2, 0.25) is 0 Å². The Labute approximate surface area is 69.3 Å². The van der Waals surface area contributed by atoms with Crippen molar-refractivity contribution in [2.45, 2.75) is 19.4 Å². The Kier molecular flexibility index (Phi) is 2.72. The second-order valence-corrected chi connectivity index (χ2v) is 3.59. The fourth-order valence-corrected chi connectivity index (χ4v) is 1.78. The van der Waals surface area contributed by atoms with E-state index in [1.54, 1.807) is 0 Å². The number of hydrogen-bond acceptors (Lipinski definition) is 2. The van der Waals surface area contributed by atoms with Gasteiger partial charge < -0.3 is 5.11 Å². The SMILES string of the molecule is CCC(O)c1ccsc1Cl. The highest BCUT2D eigenvalue weighted by Crippen LogP contribution is 2.29. The summed E-state index contributed by atoms with van der Waals surface area (Å²) >= 11 is 7.23. The maximum Gasteiger partial charge on any atom is 0.0986 e. The van der Waals surface area contributed by atoms with Crippen molar-refractivity contribution >= 4 is 22.9 Å². The molecule has 0 saturated carbocycles. The van der Waals surface area contributed by atoms with E-state index in [2.05, 4.69) is 0 Å². The zero-order valence-corrected chi connectivity index (χ0v) is 7.25. The van der Waals surface area contributed by atoms with E-state index in [9.17, 15) is 5.11 Å². The molecule has 1 aromatic heterocycles. The van der Waals surface area contributed by atoms with E-state index < -0.39 is 6.10 Å². The number of aliphatic hydroxyl groups excluding tert-OH is 1. The van der Waals surface area contributed by atoms with Crippen molar-refractivity contribution in [1.82, 2.24) is 0 Å². The highest BCUT2D eigenvalue weighted by molar-refractivity contribution is 7.14. The number of hydrogen-bond donors (Lipinski definition) is 1. The minimum absolute atomic E-state index is 0.390. The van der Waals surface area contributed by atoms with Gasteiger partial charge in [-0.05, 0) is 17.9 Å². The van der Waals surface area contributed by atoms with Crippen LogP contribution in [-0.2, 0) is 0 Å². The van der Waals surface area contributed by atoms with E-state index in [4.69, 9.17) is 11.6 Å². The molecule has 0 amide bonds. The van der Waals surface area contributed by atoms with Crippen LogP contribution in [0.3, 0.4) is 0 Å². The van der Waals surface area contributed by atoms with Crippen LogP contribution < -0.4 is 0 Å². The van der Waals surface area contributed by atoms with Gasteiger partial charge in [-0.1, -0.05) is 18.5 Å². The molecule has 0 aliphatic heterocycles. The van der Waals surface area contributed by atoms with Crippen molar-refractivity contribution in [3.63, 3.8) is 0 Å². The van der Waals surface area contributed by atoms with E-state index in [1.165, 1.54) is 11.3 Å². The molecule has 56 valence electrons. The average molecular weight is 177 g/mol. The van der Waals surface area contributed by atoms with Crippen LogP contribution >= 0.6 is 22.9 Å². The number of halogens is 1. The second-order valence-electron chi connectivity index (χ2n) is 2.07. The molecule has 0 aliphatic carbocycles. The maximum absolute atomic E-state index is 9.32. The highest BCUT2D eigenvalue weighted by Gasteiger charge is 2.09. The van der Waals surface area contributed by atoms with Crippen LogP contribution in [0.2, 0.25) is 4.34 Å². The molecule has 1 atom stereocenters. The third kappa shape index (κ3) is 1.51. The molecule has 1 N–H and O–H groups in total. The monoisotopic (exact) mass is 176 g/mol. The van der Waals surface area contributed by atoms with Crippen molar-refractivity contribution in [1.29, 1.82) is 0 Å². The Morgan fingerprint density at radius 1 is 1.80 bits per heavy atom. The molecule has 1 rings (SSSR count). The molecule has 10 heavy (non-hydrogen) atoms. The summed E-state index contributed by atoms with van der Waals surface area (Å²) in [5.74, 6) is 0. The lowest BCUT2D eigenvalue weighted by Gasteiger charge is -2.04. The summed E-state index contributed by atoms with van der Waals surface area (Å²) in [4.78, 5) is 0. The number of thiophene rings is 1. The van der Waals surface area contributed by atoms with Crippen LogP contribution in [0.5, 0.6) is 0 Å². The van der Waals surface area contributed by atoms with Crippen LogP contribution in [0.15, 0.2) is 11.4 Å². The molecule has 1 unspecified atom stereocenters. The summed E-state index contributed by atoms with van der Waals surface area (Å²) in [5.41, 5.74) is 0.856. The molecule has 0 saturated heterocycles. The summed E-state index contributed by atoms with van der Waals surface area (Å²) in [5, 5.41) is 11.2. The van der Waals surface area contributed by atoms with Gasteiger partial charge in [0.05, 0.1) is 10.4 Å². The molecule has 3 heteroatoms. The molecule has 0 aromatic carbocycles. The molecular weight excluding hydrogens is 168 g/mol. The smallest absolute Gasteiger partial charge is 0.0986 e. The van der Waals surface area contributed by atoms with E-state index >= 15 is 0 Å². The fourth-order valence-electron chi connectivity index (χ4n) is 0.763. The van der Waals surface area contributed by atoms with Gasteiger partial charge in [0.25, 0.3) is 0 Å². The molecule has 1 heterocycles. The Bertz CT molecular complexity index is 209. The van der Waals surface area contributed by atoms with Gasteiger partial charge in [0.15, 0.2) is 0 Å². The fraction of sp³-hybridized carbons (Fsp3) is 0.429. The molecular formula is C7H9ClOS. The average Bonchev–Trinajstić information content (AvgIpc) is 2.34. The maximum atomic E-state index is 9.32. The molecule has 0 fully saturated rings. The first-order valence-corrected chi connectivity index (χ1v) is 4.42. The normalized spacial score (nSPS) is 13.5. The second kappa shape index (κ2) is 3.37. The van der Waals surface area contributed by atoms with E-state index in [0.29, 0.717) is 4.34 Å². The van der Waals surface area contributed by atoms with Gasteiger partial charge in [-0.2, -0.15) is 0 Å². The largest absolute Gasteiger partial charge is 0.388 e. The first-order chi connectivity index (χ1) is 4.75. The van der Waals surface area contributed by atoms with Gasteiger partial charge in [0.1, 0.15) is 0 Å². The summed E-state index contributed by atoms with van der Waals surface area (Å²) in [7, 11) is 0. The van der Waals surface area contributed by atoms with E-state index in [1.807, 2.05) is 18.4 Å². The third-order valence-corrected chi connectivity index (χ3v) is 2.59. The number of aliphatic hydroxyl groups is 1. The van der Waals surface area contributed by atoms with Crippen molar-refractivity contribution < 1.29 is 5.11 Å². The van der Waals surface area contributed by atoms with Crippen LogP contribution in [-0.4, -0.2) is 5.11 Å². The standard InChI is InChI=1S/C7H9ClOS/c1-2-6(9)5-3-4-10-7(5)8/h3-4,6,9H,2H2,1H3. The molecule has 1 nitrogen and oxygen atoms in total. The number of rotatable bonds is 2. The van der Waals surface area contributed by atoms with Crippen molar-refractivity contribution in [2.24, 2.45) is 0 Å². The Morgan fingerprint density at radius 2 is 2.50 bits per heavy atom. The van der Waals surface area contributed by atoms with Crippen molar-refractivity contribution in [3.8, 4) is 0 Å². The Hall–Kier alpha value is -0.0500. The van der Waals surface area contributed by atoms with Gasteiger partial charge in [-0.25, -0.2) is 0 Å². The molecule has 0 aliphatic rings. The molecule has 0 spiro atoms. The first-order valence-electron chi connectivity index (χ1n) is 3.16. The van der Waals surface area contributed by atoms with Crippen LogP contribution in [0.1, 0.15) is 25.0 Å². The molecule has 1 aromatic rings. The Balaban J connectivity index is 2.82. The van der Waals surface area contributed by atoms with Gasteiger partial charge in [-0.15, -0.1) is 11.3 Å². The summed E-state index contributed by atoms with van der Waals surface area (Å²) in [6.07, 6.45) is 0.329. The predicted molar refractivity (Wildman–Crippen MR) is 44.6 cm³/mol. The van der Waals surface area contributed by atoms with Crippen LogP contribution in [0, 0.1) is 0 Å². The quantitative estimate of drug-likeness (QED) is 0.735. The lowest BCUT2D eigenvalue weighted by molar-refractivity contribution is 0.174. The first kappa shape index (κ1) is 8.05. The summed E-state index contributed by atoms with van der Waals surface area (Å²) in [6, 6.07) is 1.86. The molecule has 0 bridgehead atoms. The summed E-state index contributed by atoms with van der Waals surface area (Å²) in [6.45, 7) is 1.93. The van der Waals surface area contributed by atoms with E-state index in [-0.39, 0.29) is 0 Å². The Morgan fingerprint density at radius 3 is 2.90 bits per heavy atom. The zero-order chi connectivity index (χ0) is 7.56. The van der Waals surface area contributed by atoms with Gasteiger partial charge in [-0.3, -0.25) is 0 Å². The molecule has 0 radical (unpaired) electrons. The summed E-state index contributed by atoms with van der Waals surface area (Å²) < 4.78 is 0.703. The third-order valence-electron chi connectivity index (χ3n) is 1.39. The lowest BCUT2D eigenvalue weighted by atomic mass is 10.1. The minimum atomic E-state index is -0.390. The van der Waals surface area contributed by atoms with Crippen LogP contribution in [0.4, 0.5) is 0 Å².